The molecule has 3 nitrogen and oxygen atoms in total. The Morgan fingerprint density at radius 1 is 1.29 bits per heavy atom. The van der Waals surface area contributed by atoms with E-state index in [1.165, 1.54) is 0 Å². The molecule has 0 unspecified atom stereocenters. The Bertz CT molecular complexity index is 596. The van der Waals surface area contributed by atoms with E-state index in [9.17, 15) is 0 Å². The molecule has 0 aliphatic heterocycles. The van der Waals surface area contributed by atoms with Crippen molar-refractivity contribution in [3.8, 4) is 11.3 Å². The van der Waals surface area contributed by atoms with Crippen LogP contribution in [0.15, 0.2) is 40.9 Å². The van der Waals surface area contributed by atoms with Crippen molar-refractivity contribution >= 4 is 28.1 Å². The molecular weight excluding hydrogens is 250 g/mol. The largest absolute Gasteiger partial charge is 0.217 e. The number of imidazole rings is 1. The lowest BCUT2D eigenvalue weighted by atomic mass is 10.2. The van der Waals surface area contributed by atoms with Crippen LogP contribution in [0.3, 0.4) is 0 Å². The molecule has 0 saturated carbocycles. The fourth-order valence-corrected chi connectivity index (χ4v) is 3.43. The smallest absolute Gasteiger partial charge is 0.213 e. The van der Waals surface area contributed by atoms with Crippen LogP contribution < -0.4 is 0 Å². The Labute approximate surface area is 108 Å². The first-order valence-electron chi connectivity index (χ1n) is 5.41. The van der Waals surface area contributed by atoms with Crippen LogP contribution in [0, 0.1) is 0 Å². The van der Waals surface area contributed by atoms with Crippen LogP contribution in [0.25, 0.3) is 16.2 Å². The lowest BCUT2D eigenvalue weighted by molar-refractivity contribution is 0.915. The van der Waals surface area contributed by atoms with Crippen LogP contribution in [0.5, 0.6) is 0 Å². The zero-order chi connectivity index (χ0) is 11.7. The van der Waals surface area contributed by atoms with Gasteiger partial charge in [-0.25, -0.2) is 9.50 Å². The molecule has 3 aromatic rings. The molecule has 0 aliphatic carbocycles. The molecule has 0 amide bonds. The number of thioether (sulfide) groups is 1. The second-order valence-corrected chi connectivity index (χ2v) is 5.99. The van der Waals surface area contributed by atoms with Gasteiger partial charge in [-0.05, 0) is 5.75 Å². The summed E-state index contributed by atoms with van der Waals surface area (Å²) in [5.41, 5.74) is 2.12. The summed E-state index contributed by atoms with van der Waals surface area (Å²) in [5, 5.41) is 4.48. The van der Waals surface area contributed by atoms with Crippen molar-refractivity contribution in [3.63, 3.8) is 0 Å². The van der Waals surface area contributed by atoms with Gasteiger partial charge < -0.3 is 0 Å². The molecule has 0 fully saturated rings. The highest BCUT2D eigenvalue weighted by Crippen LogP contribution is 2.26. The minimum absolute atomic E-state index is 0.958. The number of hydrogen-bond donors (Lipinski definition) is 0. The second kappa shape index (κ2) is 4.50. The van der Waals surface area contributed by atoms with Crippen LogP contribution in [0.4, 0.5) is 0 Å². The monoisotopic (exact) mass is 261 g/mol. The van der Waals surface area contributed by atoms with Crippen molar-refractivity contribution in [2.45, 2.75) is 11.3 Å². The lowest BCUT2D eigenvalue weighted by Crippen LogP contribution is -1.80. The Balaban J connectivity index is 2.01. The van der Waals surface area contributed by atoms with Crippen molar-refractivity contribution in [1.29, 1.82) is 0 Å². The first kappa shape index (κ1) is 10.8. The number of benzene rings is 1. The SMILES string of the molecule is CCSc1nn2cc(-c3ccccc3)nc2s1. The van der Waals surface area contributed by atoms with E-state index in [0.717, 1.165) is 26.3 Å². The summed E-state index contributed by atoms with van der Waals surface area (Å²) in [7, 11) is 0. The van der Waals surface area contributed by atoms with E-state index in [2.05, 4.69) is 29.1 Å². The summed E-state index contributed by atoms with van der Waals surface area (Å²) >= 11 is 3.39. The average molecular weight is 261 g/mol. The number of fused-ring (bicyclic) bond motifs is 1. The van der Waals surface area contributed by atoms with Gasteiger partial charge in [-0.1, -0.05) is 60.4 Å². The van der Waals surface area contributed by atoms with Crippen molar-refractivity contribution < 1.29 is 0 Å². The van der Waals surface area contributed by atoms with Gasteiger partial charge in [0.1, 0.15) is 0 Å². The Morgan fingerprint density at radius 3 is 2.82 bits per heavy atom. The van der Waals surface area contributed by atoms with E-state index >= 15 is 0 Å². The molecule has 0 spiro atoms. The fourth-order valence-electron chi connectivity index (χ4n) is 1.61. The molecule has 2 heterocycles. The van der Waals surface area contributed by atoms with Crippen LogP contribution in [-0.2, 0) is 0 Å². The summed E-state index contributed by atoms with van der Waals surface area (Å²) in [4.78, 5) is 5.55. The number of aromatic nitrogens is 3. The van der Waals surface area contributed by atoms with Crippen molar-refractivity contribution in [2.24, 2.45) is 0 Å². The van der Waals surface area contributed by atoms with Gasteiger partial charge in [0.2, 0.25) is 4.96 Å². The van der Waals surface area contributed by atoms with Gasteiger partial charge in [-0.3, -0.25) is 0 Å². The van der Waals surface area contributed by atoms with Crippen molar-refractivity contribution in [3.05, 3.63) is 36.5 Å². The normalized spacial score (nSPS) is 11.1. The molecule has 0 atom stereocenters. The first-order chi connectivity index (χ1) is 8.36. The van der Waals surface area contributed by atoms with Crippen molar-refractivity contribution in [2.75, 3.05) is 5.75 Å². The van der Waals surface area contributed by atoms with Gasteiger partial charge in [0, 0.05) is 5.56 Å². The molecule has 3 rings (SSSR count). The maximum absolute atomic E-state index is 4.59. The van der Waals surface area contributed by atoms with Crippen LogP contribution >= 0.6 is 23.1 Å². The average Bonchev–Trinajstić information content (AvgIpc) is 2.88. The zero-order valence-corrected chi connectivity index (χ0v) is 11.0. The molecule has 86 valence electrons. The van der Waals surface area contributed by atoms with Gasteiger partial charge in [-0.2, -0.15) is 0 Å². The topological polar surface area (TPSA) is 30.2 Å². The standard InChI is InChI=1S/C12H11N3S2/c1-2-16-12-14-15-8-10(13-11(15)17-12)9-6-4-3-5-7-9/h3-8H,2H2,1H3. The number of hydrogen-bond acceptors (Lipinski definition) is 4. The van der Waals surface area contributed by atoms with Crippen LogP contribution in [0.2, 0.25) is 0 Å². The third-order valence-electron chi connectivity index (χ3n) is 2.36. The first-order valence-corrected chi connectivity index (χ1v) is 7.21. The fraction of sp³-hybridized carbons (Fsp3) is 0.167. The number of nitrogens with zero attached hydrogens (tertiary/aromatic N) is 3. The summed E-state index contributed by atoms with van der Waals surface area (Å²) in [6.45, 7) is 2.13. The predicted octanol–water partition coefficient (Wildman–Crippen LogP) is 3.57. The molecular formula is C12H11N3S2. The van der Waals surface area contributed by atoms with E-state index in [1.54, 1.807) is 23.1 Å². The van der Waals surface area contributed by atoms with Gasteiger partial charge in [0.05, 0.1) is 11.9 Å². The van der Waals surface area contributed by atoms with E-state index in [-0.39, 0.29) is 0 Å². The molecule has 0 N–H and O–H groups in total. The van der Waals surface area contributed by atoms with Crippen LogP contribution in [0.1, 0.15) is 6.92 Å². The minimum atomic E-state index is 0.958. The highest BCUT2D eigenvalue weighted by molar-refractivity contribution is 8.01. The van der Waals surface area contributed by atoms with E-state index in [0.29, 0.717) is 0 Å². The highest BCUT2D eigenvalue weighted by Gasteiger charge is 2.08. The summed E-state index contributed by atoms with van der Waals surface area (Å²) in [5.74, 6) is 1.04. The molecule has 0 radical (unpaired) electrons. The van der Waals surface area contributed by atoms with Gasteiger partial charge >= 0.3 is 0 Å². The number of rotatable bonds is 3. The third-order valence-corrected chi connectivity index (χ3v) is 4.30. The summed E-state index contributed by atoms with van der Waals surface area (Å²) in [6.07, 6.45) is 1.99. The maximum Gasteiger partial charge on any atom is 0.213 e. The molecule has 17 heavy (non-hydrogen) atoms. The van der Waals surface area contributed by atoms with Gasteiger partial charge in [-0.15, -0.1) is 5.10 Å². The quantitative estimate of drug-likeness (QED) is 0.675. The minimum Gasteiger partial charge on any atom is -0.217 e. The van der Waals surface area contributed by atoms with E-state index < -0.39 is 0 Å². The predicted molar refractivity (Wildman–Crippen MR) is 72.7 cm³/mol. The Morgan fingerprint density at radius 2 is 2.12 bits per heavy atom. The van der Waals surface area contributed by atoms with Crippen molar-refractivity contribution in [1.82, 2.24) is 14.6 Å². The molecule has 0 saturated heterocycles. The molecule has 5 heteroatoms. The molecule has 0 bridgehead atoms. The van der Waals surface area contributed by atoms with E-state index in [1.807, 2.05) is 28.9 Å². The summed E-state index contributed by atoms with van der Waals surface area (Å²) < 4.78 is 2.94. The molecule has 2 aromatic heterocycles. The Hall–Kier alpha value is -1.33. The summed E-state index contributed by atoms with van der Waals surface area (Å²) in [6, 6.07) is 10.2. The third kappa shape index (κ3) is 2.08. The van der Waals surface area contributed by atoms with Crippen LogP contribution in [-0.4, -0.2) is 20.4 Å². The molecule has 1 aromatic carbocycles. The molecule has 0 aliphatic rings. The van der Waals surface area contributed by atoms with E-state index in [4.69, 9.17) is 0 Å². The van der Waals surface area contributed by atoms with Gasteiger partial charge in [0.25, 0.3) is 0 Å². The Kier molecular flexibility index (Phi) is 2.86. The maximum atomic E-state index is 4.59. The lowest BCUT2D eigenvalue weighted by Gasteiger charge is -1.93. The van der Waals surface area contributed by atoms with Gasteiger partial charge in [0.15, 0.2) is 4.34 Å². The second-order valence-electron chi connectivity index (χ2n) is 3.52. The zero-order valence-electron chi connectivity index (χ0n) is 9.33. The highest BCUT2D eigenvalue weighted by atomic mass is 32.2.